The van der Waals surface area contributed by atoms with Gasteiger partial charge in [-0.05, 0) is 48.6 Å². The standard InChI is InChI=1S/C24H27OP.2ClH.Ti/c1-17-11-6-8-14-20(17)26(21-15-9-7-12-18(21)2)22-16-10-13-19(23(22)25)24(3,4)5;;;/h6-16,25H,1-5H3;2*1H;/q;;;+2/p-1. The molecular weight excluding hydrogens is 454 g/mol. The van der Waals surface area contributed by atoms with Crippen molar-refractivity contribution in [3.8, 4) is 5.75 Å². The van der Waals surface area contributed by atoms with Crippen molar-refractivity contribution in [2.24, 2.45) is 0 Å². The van der Waals surface area contributed by atoms with Crippen LogP contribution in [0.4, 0.5) is 0 Å². The Kier molecular flexibility index (Phi) is 9.27. The SMILES string of the molecule is Cc1ccccc1[PH+](c1ccccc1C)c1cccc(C(C)(C)C)c1O.[Cl][Ti][Cl]. The molecule has 0 aliphatic heterocycles. The molecule has 0 amide bonds. The summed E-state index contributed by atoms with van der Waals surface area (Å²) < 4.78 is 0. The minimum atomic E-state index is -1.30. The van der Waals surface area contributed by atoms with Crippen LogP contribution in [0.5, 0.6) is 5.75 Å². The molecule has 0 saturated heterocycles. The van der Waals surface area contributed by atoms with Gasteiger partial charge in [0.25, 0.3) is 0 Å². The van der Waals surface area contributed by atoms with Crippen LogP contribution in [0, 0.1) is 13.8 Å². The van der Waals surface area contributed by atoms with Gasteiger partial charge in [-0.25, -0.2) is 0 Å². The number of aromatic hydroxyl groups is 1. The van der Waals surface area contributed by atoms with Gasteiger partial charge in [0.15, 0.2) is 5.75 Å². The molecule has 0 unspecified atom stereocenters. The molecule has 3 rings (SSSR count). The first kappa shape index (κ1) is 24.5. The first-order valence-corrected chi connectivity index (χ1v) is 15.3. The number of rotatable bonds is 3. The van der Waals surface area contributed by atoms with Crippen LogP contribution in [-0.2, 0) is 22.4 Å². The summed E-state index contributed by atoms with van der Waals surface area (Å²) in [6.07, 6.45) is 0. The minimum absolute atomic E-state index is 0.0927. The molecule has 5 heteroatoms. The molecule has 0 aliphatic rings. The fraction of sp³-hybridized carbons (Fsp3) is 0.250. The molecule has 0 aliphatic carbocycles. The Hall–Kier alpha value is -0.816. The van der Waals surface area contributed by atoms with Gasteiger partial charge in [-0.15, -0.1) is 0 Å². The molecule has 0 bridgehead atoms. The fourth-order valence-corrected chi connectivity index (χ4v) is 6.48. The first-order chi connectivity index (χ1) is 13.7. The Morgan fingerprint density at radius 1 is 0.724 bits per heavy atom. The van der Waals surface area contributed by atoms with E-state index < -0.39 is 25.0 Å². The molecular formula is C24H28Cl2OPTi+. The number of hydrogen-bond donors (Lipinski definition) is 1. The van der Waals surface area contributed by atoms with E-state index in [4.69, 9.17) is 18.6 Å². The second kappa shape index (κ2) is 11.0. The number of halogens is 2. The number of phenols is 1. The Bertz CT molecular complexity index is 908. The first-order valence-electron chi connectivity index (χ1n) is 9.50. The van der Waals surface area contributed by atoms with Gasteiger partial charge in [0.2, 0.25) is 0 Å². The van der Waals surface area contributed by atoms with Crippen molar-refractivity contribution < 1.29 is 22.1 Å². The molecule has 0 spiro atoms. The molecule has 152 valence electrons. The summed E-state index contributed by atoms with van der Waals surface area (Å²) in [5.74, 6) is 0.459. The predicted octanol–water partition coefficient (Wildman–Crippen LogP) is 6.17. The van der Waals surface area contributed by atoms with Crippen LogP contribution in [0.3, 0.4) is 0 Å². The molecule has 0 saturated carbocycles. The molecule has 1 nitrogen and oxygen atoms in total. The van der Waals surface area contributed by atoms with E-state index in [0.717, 1.165) is 10.9 Å². The van der Waals surface area contributed by atoms with Crippen molar-refractivity contribution in [3.63, 3.8) is 0 Å². The maximum atomic E-state index is 11.2. The molecule has 29 heavy (non-hydrogen) atoms. The zero-order valence-electron chi connectivity index (χ0n) is 17.6. The summed E-state index contributed by atoms with van der Waals surface area (Å²) in [5, 5.41) is 15.0. The third-order valence-corrected chi connectivity index (χ3v) is 8.08. The maximum absolute atomic E-state index is 11.2. The average Bonchev–Trinajstić information content (AvgIpc) is 2.66. The Balaban J connectivity index is 0.000000941. The summed E-state index contributed by atoms with van der Waals surface area (Å²) in [6.45, 7) is 10.8. The molecule has 0 fully saturated rings. The van der Waals surface area contributed by atoms with Crippen molar-refractivity contribution in [1.29, 1.82) is 0 Å². The van der Waals surface area contributed by atoms with E-state index in [2.05, 4.69) is 95.3 Å². The Labute approximate surface area is 192 Å². The van der Waals surface area contributed by atoms with Crippen LogP contribution >= 0.6 is 26.5 Å². The van der Waals surface area contributed by atoms with E-state index in [1.165, 1.54) is 21.7 Å². The van der Waals surface area contributed by atoms with Gasteiger partial charge in [-0.3, -0.25) is 0 Å². The Morgan fingerprint density at radius 3 is 1.55 bits per heavy atom. The molecule has 0 radical (unpaired) electrons. The molecule has 0 aromatic heterocycles. The van der Waals surface area contributed by atoms with Crippen molar-refractivity contribution in [3.05, 3.63) is 83.4 Å². The van der Waals surface area contributed by atoms with Gasteiger partial charge in [-0.2, -0.15) is 0 Å². The number of hydrogen-bond acceptors (Lipinski definition) is 1. The van der Waals surface area contributed by atoms with Crippen molar-refractivity contribution >= 4 is 42.4 Å². The zero-order chi connectivity index (χ0) is 21.6. The summed E-state index contributed by atoms with van der Waals surface area (Å²) in [7, 11) is 8.48. The summed E-state index contributed by atoms with van der Waals surface area (Å²) in [4.78, 5) is 0. The molecule has 3 aromatic rings. The molecule has 1 N–H and O–H groups in total. The van der Waals surface area contributed by atoms with Gasteiger partial charge in [0.05, 0.1) is 0 Å². The molecule has 0 atom stereocenters. The number of aryl methyl sites for hydroxylation is 2. The van der Waals surface area contributed by atoms with E-state index >= 15 is 0 Å². The average molecular weight is 482 g/mol. The van der Waals surface area contributed by atoms with E-state index in [1.54, 1.807) is 0 Å². The van der Waals surface area contributed by atoms with Gasteiger partial charge in [0.1, 0.15) is 23.8 Å². The normalized spacial score (nSPS) is 11.0. The fourth-order valence-electron chi connectivity index (χ4n) is 3.49. The van der Waals surface area contributed by atoms with Gasteiger partial charge < -0.3 is 5.11 Å². The predicted molar refractivity (Wildman–Crippen MR) is 128 cm³/mol. The van der Waals surface area contributed by atoms with Crippen LogP contribution in [0.1, 0.15) is 37.5 Å². The number of para-hydroxylation sites is 1. The van der Waals surface area contributed by atoms with Crippen molar-refractivity contribution in [1.82, 2.24) is 0 Å². The number of benzene rings is 3. The van der Waals surface area contributed by atoms with Crippen LogP contribution < -0.4 is 15.9 Å². The Morgan fingerprint density at radius 2 is 1.14 bits per heavy atom. The van der Waals surface area contributed by atoms with Crippen molar-refractivity contribution in [2.75, 3.05) is 0 Å². The summed E-state index contributed by atoms with van der Waals surface area (Å²) in [6, 6.07) is 23.4. The van der Waals surface area contributed by atoms with Gasteiger partial charge >= 0.3 is 35.6 Å². The van der Waals surface area contributed by atoms with E-state index in [-0.39, 0.29) is 5.41 Å². The number of phenolic OH excluding ortho intramolecular Hbond substituents is 1. The zero-order valence-corrected chi connectivity index (χ0v) is 21.6. The second-order valence-electron chi connectivity index (χ2n) is 8.03. The van der Waals surface area contributed by atoms with Crippen LogP contribution in [0.25, 0.3) is 0 Å². The van der Waals surface area contributed by atoms with Crippen molar-refractivity contribution in [2.45, 2.75) is 40.0 Å². The van der Waals surface area contributed by atoms with Crippen LogP contribution in [0.15, 0.2) is 66.7 Å². The van der Waals surface area contributed by atoms with E-state index in [9.17, 15) is 5.11 Å². The van der Waals surface area contributed by atoms with Gasteiger partial charge in [0, 0.05) is 5.56 Å². The van der Waals surface area contributed by atoms with E-state index in [0.29, 0.717) is 5.75 Å². The molecule has 0 heterocycles. The topological polar surface area (TPSA) is 20.2 Å². The second-order valence-corrected chi connectivity index (χ2v) is 13.0. The molecule has 3 aromatic carbocycles. The quantitative estimate of drug-likeness (QED) is 0.350. The van der Waals surface area contributed by atoms with Crippen LogP contribution in [-0.4, -0.2) is 5.11 Å². The third-order valence-electron chi connectivity index (χ3n) is 4.94. The van der Waals surface area contributed by atoms with Gasteiger partial charge in [-0.1, -0.05) is 69.3 Å². The monoisotopic (exact) mass is 481 g/mol. The van der Waals surface area contributed by atoms with Crippen LogP contribution in [0.2, 0.25) is 0 Å². The van der Waals surface area contributed by atoms with E-state index in [1.807, 2.05) is 6.07 Å². The third kappa shape index (κ3) is 6.10. The summed E-state index contributed by atoms with van der Waals surface area (Å²) >= 11 is -0.556. The summed E-state index contributed by atoms with van der Waals surface area (Å²) in [5.41, 5.74) is 3.49.